The van der Waals surface area contributed by atoms with Gasteiger partial charge in [0.1, 0.15) is 0 Å². The smallest absolute Gasteiger partial charge is 0.188 e. The number of rotatable bonds is 4. The van der Waals surface area contributed by atoms with Crippen LogP contribution in [0, 0.1) is 0 Å². The highest BCUT2D eigenvalue weighted by molar-refractivity contribution is 7.99. The summed E-state index contributed by atoms with van der Waals surface area (Å²) in [6.07, 6.45) is 7.91. The van der Waals surface area contributed by atoms with Crippen LogP contribution in [0.2, 0.25) is 0 Å². The zero-order chi connectivity index (χ0) is 13.3. The minimum Gasteiger partial charge on any atom is -0.370 e. The zero-order valence-corrected chi connectivity index (χ0v) is 12.8. The Bertz CT molecular complexity index is 269. The van der Waals surface area contributed by atoms with Crippen LogP contribution >= 0.6 is 11.8 Å². The first-order chi connectivity index (χ1) is 9.34. The van der Waals surface area contributed by atoms with Gasteiger partial charge in [0, 0.05) is 37.2 Å². The van der Waals surface area contributed by atoms with E-state index in [0.717, 1.165) is 13.1 Å². The Labute approximate surface area is 121 Å². The molecule has 0 atom stereocenters. The van der Waals surface area contributed by atoms with E-state index in [-0.39, 0.29) is 0 Å². The second kappa shape index (κ2) is 8.69. The van der Waals surface area contributed by atoms with Crippen LogP contribution in [0.5, 0.6) is 0 Å². The average molecular weight is 284 g/mol. The largest absolute Gasteiger partial charge is 0.370 e. The van der Waals surface area contributed by atoms with Gasteiger partial charge in [-0.25, -0.2) is 0 Å². The van der Waals surface area contributed by atoms with Crippen molar-refractivity contribution in [2.45, 2.75) is 44.6 Å². The summed E-state index contributed by atoms with van der Waals surface area (Å²) in [5.41, 5.74) is 5.99. The van der Waals surface area contributed by atoms with Crippen molar-refractivity contribution in [1.82, 2.24) is 10.2 Å². The summed E-state index contributed by atoms with van der Waals surface area (Å²) in [6.45, 7) is 4.29. The zero-order valence-electron chi connectivity index (χ0n) is 11.9. The van der Waals surface area contributed by atoms with Crippen molar-refractivity contribution in [2.24, 2.45) is 10.7 Å². The number of nitrogens with two attached hydrogens (primary N) is 1. The van der Waals surface area contributed by atoms with Crippen LogP contribution in [0.4, 0.5) is 0 Å². The summed E-state index contributed by atoms with van der Waals surface area (Å²) in [7, 11) is 0. The summed E-state index contributed by atoms with van der Waals surface area (Å²) in [6, 6.07) is 0.553. The standard InChI is InChI=1S/C14H28N4S/c15-14(17-13-5-3-1-2-4-6-13)16-7-8-18-9-11-19-12-10-18/h13H,1-12H2,(H3,15,16,17). The van der Waals surface area contributed by atoms with Crippen LogP contribution in [-0.2, 0) is 0 Å². The molecule has 0 aromatic heterocycles. The molecule has 2 rings (SSSR count). The van der Waals surface area contributed by atoms with Crippen molar-refractivity contribution in [3.05, 3.63) is 0 Å². The van der Waals surface area contributed by atoms with E-state index in [1.54, 1.807) is 0 Å². The summed E-state index contributed by atoms with van der Waals surface area (Å²) in [5.74, 6) is 3.18. The lowest BCUT2D eigenvalue weighted by Gasteiger charge is -2.25. The number of nitrogens with one attached hydrogen (secondary N) is 1. The molecule has 0 spiro atoms. The first kappa shape index (κ1) is 15.0. The van der Waals surface area contributed by atoms with E-state index in [9.17, 15) is 0 Å². The maximum absolute atomic E-state index is 5.99. The normalized spacial score (nSPS) is 24.1. The maximum atomic E-state index is 5.99. The van der Waals surface area contributed by atoms with E-state index in [2.05, 4.69) is 15.2 Å². The van der Waals surface area contributed by atoms with Gasteiger partial charge in [0.25, 0.3) is 0 Å². The SMILES string of the molecule is NC(=NCCN1CCSCC1)NC1CCCCCC1. The second-order valence-corrected chi connectivity index (χ2v) is 6.78. The van der Waals surface area contributed by atoms with Crippen molar-refractivity contribution in [3.8, 4) is 0 Å². The van der Waals surface area contributed by atoms with Gasteiger partial charge >= 0.3 is 0 Å². The van der Waals surface area contributed by atoms with Crippen LogP contribution in [0.1, 0.15) is 38.5 Å². The van der Waals surface area contributed by atoms with E-state index in [4.69, 9.17) is 5.73 Å². The van der Waals surface area contributed by atoms with Crippen molar-refractivity contribution in [1.29, 1.82) is 0 Å². The van der Waals surface area contributed by atoms with Gasteiger partial charge in [0.15, 0.2) is 5.96 Å². The fourth-order valence-electron chi connectivity index (χ4n) is 2.82. The third kappa shape index (κ3) is 6.04. The molecule has 1 saturated heterocycles. The molecule has 4 nitrogen and oxygen atoms in total. The van der Waals surface area contributed by atoms with Gasteiger partial charge in [0.2, 0.25) is 0 Å². The van der Waals surface area contributed by atoms with Crippen molar-refractivity contribution >= 4 is 17.7 Å². The molecule has 0 amide bonds. The van der Waals surface area contributed by atoms with Crippen LogP contribution in [0.15, 0.2) is 4.99 Å². The summed E-state index contributed by atoms with van der Waals surface area (Å²) in [4.78, 5) is 6.96. The van der Waals surface area contributed by atoms with Gasteiger partial charge in [-0.05, 0) is 12.8 Å². The number of thioether (sulfide) groups is 1. The molecule has 110 valence electrons. The van der Waals surface area contributed by atoms with E-state index >= 15 is 0 Å². The van der Waals surface area contributed by atoms with E-state index in [0.29, 0.717) is 12.0 Å². The van der Waals surface area contributed by atoms with Crippen LogP contribution in [0.25, 0.3) is 0 Å². The van der Waals surface area contributed by atoms with Crippen LogP contribution in [-0.4, -0.2) is 54.6 Å². The second-order valence-electron chi connectivity index (χ2n) is 5.55. The van der Waals surface area contributed by atoms with Gasteiger partial charge in [-0.1, -0.05) is 25.7 Å². The third-order valence-electron chi connectivity index (χ3n) is 4.01. The lowest BCUT2D eigenvalue weighted by molar-refractivity contribution is 0.311. The molecule has 0 unspecified atom stereocenters. The molecule has 0 aromatic carbocycles. The highest BCUT2D eigenvalue weighted by Crippen LogP contribution is 2.16. The highest BCUT2D eigenvalue weighted by atomic mass is 32.2. The fraction of sp³-hybridized carbons (Fsp3) is 0.929. The molecule has 2 fully saturated rings. The topological polar surface area (TPSA) is 53.6 Å². The number of aliphatic imine (C=N–C) groups is 1. The molecule has 0 radical (unpaired) electrons. The Morgan fingerprint density at radius 2 is 1.84 bits per heavy atom. The van der Waals surface area contributed by atoms with Crippen LogP contribution in [0.3, 0.4) is 0 Å². The average Bonchev–Trinajstić information content (AvgIpc) is 2.68. The molecule has 1 aliphatic heterocycles. The summed E-state index contributed by atoms with van der Waals surface area (Å²) >= 11 is 2.05. The molecule has 1 aliphatic carbocycles. The quantitative estimate of drug-likeness (QED) is 0.468. The van der Waals surface area contributed by atoms with Gasteiger partial charge in [0.05, 0.1) is 6.54 Å². The molecule has 5 heteroatoms. The molecule has 3 N–H and O–H groups in total. The molecular weight excluding hydrogens is 256 g/mol. The van der Waals surface area contributed by atoms with Crippen molar-refractivity contribution in [3.63, 3.8) is 0 Å². The third-order valence-corrected chi connectivity index (χ3v) is 4.95. The first-order valence-corrected chi connectivity index (χ1v) is 8.86. The number of guanidine groups is 1. The molecule has 0 bridgehead atoms. The number of hydrogen-bond acceptors (Lipinski definition) is 3. The Hall–Kier alpha value is -0.420. The van der Waals surface area contributed by atoms with Crippen LogP contribution < -0.4 is 11.1 Å². The van der Waals surface area contributed by atoms with E-state index in [1.165, 1.54) is 63.1 Å². The van der Waals surface area contributed by atoms with Crippen molar-refractivity contribution < 1.29 is 0 Å². The van der Waals surface area contributed by atoms with Gasteiger partial charge in [-0.15, -0.1) is 0 Å². The Kier molecular flexibility index (Phi) is 6.85. The Morgan fingerprint density at radius 3 is 2.53 bits per heavy atom. The van der Waals surface area contributed by atoms with E-state index in [1.807, 2.05) is 11.8 Å². The predicted molar refractivity (Wildman–Crippen MR) is 84.9 cm³/mol. The molecular formula is C14H28N4S. The van der Waals surface area contributed by atoms with Gasteiger partial charge in [-0.3, -0.25) is 9.89 Å². The lowest BCUT2D eigenvalue weighted by Crippen LogP contribution is -2.40. The lowest BCUT2D eigenvalue weighted by atomic mass is 10.1. The predicted octanol–water partition coefficient (Wildman–Crippen LogP) is 1.66. The minimum absolute atomic E-state index is 0.553. The molecule has 0 aromatic rings. The number of nitrogens with zero attached hydrogens (tertiary/aromatic N) is 2. The molecule has 2 aliphatic rings. The first-order valence-electron chi connectivity index (χ1n) is 7.71. The fourth-order valence-corrected chi connectivity index (χ4v) is 3.79. The molecule has 1 saturated carbocycles. The Morgan fingerprint density at radius 1 is 1.16 bits per heavy atom. The van der Waals surface area contributed by atoms with Gasteiger partial charge in [-0.2, -0.15) is 11.8 Å². The number of hydrogen-bond donors (Lipinski definition) is 2. The summed E-state index contributed by atoms with van der Waals surface area (Å²) < 4.78 is 0. The maximum Gasteiger partial charge on any atom is 0.188 e. The Balaban J connectivity index is 1.63. The minimum atomic E-state index is 0.553. The van der Waals surface area contributed by atoms with Gasteiger partial charge < -0.3 is 11.1 Å². The molecule has 1 heterocycles. The highest BCUT2D eigenvalue weighted by Gasteiger charge is 2.12. The summed E-state index contributed by atoms with van der Waals surface area (Å²) in [5, 5.41) is 3.40. The van der Waals surface area contributed by atoms with Crippen molar-refractivity contribution in [2.75, 3.05) is 37.7 Å². The molecule has 19 heavy (non-hydrogen) atoms. The monoisotopic (exact) mass is 284 g/mol. The van der Waals surface area contributed by atoms with E-state index < -0.39 is 0 Å².